The molecule has 1 saturated heterocycles. The maximum Gasteiger partial charge on any atom is 0.318 e. The fourth-order valence-electron chi connectivity index (χ4n) is 3.12. The number of carbonyl (C=O) groups is 1. The van der Waals surface area contributed by atoms with Gasteiger partial charge in [0.1, 0.15) is 0 Å². The molecular formula is C18H26N2O2. The summed E-state index contributed by atoms with van der Waals surface area (Å²) in [6.07, 6.45) is 4.83. The molecule has 2 aliphatic rings. The molecule has 0 radical (unpaired) electrons. The number of nitrogens with one attached hydrogen (secondary N) is 1. The number of urea groups is 1. The van der Waals surface area contributed by atoms with Gasteiger partial charge >= 0.3 is 6.03 Å². The minimum atomic E-state index is 0.0405. The molecule has 1 aliphatic carbocycles. The van der Waals surface area contributed by atoms with Gasteiger partial charge in [-0.05, 0) is 44.1 Å². The summed E-state index contributed by atoms with van der Waals surface area (Å²) in [5.74, 6) is 0.664. The number of rotatable bonds is 6. The van der Waals surface area contributed by atoms with E-state index in [1.165, 1.54) is 18.4 Å². The van der Waals surface area contributed by atoms with Gasteiger partial charge in [0, 0.05) is 25.7 Å². The van der Waals surface area contributed by atoms with E-state index in [1.807, 2.05) is 23.1 Å². The van der Waals surface area contributed by atoms with Crippen LogP contribution >= 0.6 is 0 Å². The Bertz CT molecular complexity index is 481. The third-order valence-corrected chi connectivity index (χ3v) is 4.76. The number of hydrogen-bond donors (Lipinski definition) is 1. The zero-order chi connectivity index (χ0) is 15.4. The van der Waals surface area contributed by atoms with E-state index in [2.05, 4.69) is 24.4 Å². The molecule has 1 heterocycles. The molecule has 2 amide bonds. The van der Waals surface area contributed by atoms with E-state index in [4.69, 9.17) is 4.74 Å². The van der Waals surface area contributed by atoms with E-state index in [0.717, 1.165) is 19.4 Å². The summed E-state index contributed by atoms with van der Waals surface area (Å²) in [4.78, 5) is 14.6. The maximum atomic E-state index is 12.6. The first kappa shape index (κ1) is 15.3. The molecule has 1 saturated carbocycles. The lowest BCUT2D eigenvalue weighted by Crippen LogP contribution is -2.47. The molecule has 0 bridgehead atoms. The van der Waals surface area contributed by atoms with Crippen molar-refractivity contribution >= 4 is 6.03 Å². The van der Waals surface area contributed by atoms with Crippen LogP contribution in [0.1, 0.15) is 38.2 Å². The highest BCUT2D eigenvalue weighted by Gasteiger charge is 2.34. The van der Waals surface area contributed by atoms with Gasteiger partial charge in [-0.1, -0.05) is 30.3 Å². The van der Waals surface area contributed by atoms with Crippen LogP contribution < -0.4 is 5.32 Å². The molecular weight excluding hydrogens is 276 g/mol. The van der Waals surface area contributed by atoms with E-state index in [-0.39, 0.29) is 12.1 Å². The molecule has 1 N–H and O–H groups in total. The van der Waals surface area contributed by atoms with Gasteiger partial charge in [-0.3, -0.25) is 0 Å². The number of hydrogen-bond acceptors (Lipinski definition) is 2. The first-order valence-corrected chi connectivity index (χ1v) is 8.44. The number of benzene rings is 1. The minimum Gasteiger partial charge on any atom is -0.376 e. The van der Waals surface area contributed by atoms with Gasteiger partial charge in [0.2, 0.25) is 0 Å². The molecule has 120 valence electrons. The Kier molecular flexibility index (Phi) is 4.98. The molecule has 22 heavy (non-hydrogen) atoms. The average Bonchev–Trinajstić information content (AvgIpc) is 3.27. The second kappa shape index (κ2) is 7.14. The predicted molar refractivity (Wildman–Crippen MR) is 86.5 cm³/mol. The van der Waals surface area contributed by atoms with Crippen molar-refractivity contribution in [3.63, 3.8) is 0 Å². The first-order valence-electron chi connectivity index (χ1n) is 8.44. The highest BCUT2D eigenvalue weighted by atomic mass is 16.5. The lowest BCUT2D eigenvalue weighted by atomic mass is 10.1. The molecule has 4 nitrogen and oxygen atoms in total. The van der Waals surface area contributed by atoms with Crippen LogP contribution in [0.25, 0.3) is 0 Å². The monoisotopic (exact) mass is 302 g/mol. The largest absolute Gasteiger partial charge is 0.376 e. The standard InChI is InChI=1S/C18H26N2O2/c1-14(16-9-10-16)20(13-15-6-3-2-4-7-15)18(21)19-12-17-8-5-11-22-17/h2-4,6-7,14,16-17H,5,8-13H2,1H3,(H,19,21)/t14-,17-/m0/s1. The highest BCUT2D eigenvalue weighted by Crippen LogP contribution is 2.35. The Balaban J connectivity index is 1.60. The molecule has 1 aliphatic heterocycles. The Morgan fingerprint density at radius 2 is 2.09 bits per heavy atom. The highest BCUT2D eigenvalue weighted by molar-refractivity contribution is 5.74. The van der Waals surface area contributed by atoms with Crippen LogP contribution in [0.2, 0.25) is 0 Å². The quantitative estimate of drug-likeness (QED) is 0.877. The number of ether oxygens (including phenoxy) is 1. The van der Waals surface area contributed by atoms with Crippen LogP contribution in [0.3, 0.4) is 0 Å². The molecule has 2 fully saturated rings. The average molecular weight is 302 g/mol. The van der Waals surface area contributed by atoms with Crippen LogP contribution in [0.4, 0.5) is 4.79 Å². The lowest BCUT2D eigenvalue weighted by molar-refractivity contribution is 0.106. The number of nitrogens with zero attached hydrogens (tertiary/aromatic N) is 1. The second-order valence-corrected chi connectivity index (χ2v) is 6.51. The Morgan fingerprint density at radius 3 is 2.73 bits per heavy atom. The summed E-state index contributed by atoms with van der Waals surface area (Å²) in [7, 11) is 0. The molecule has 4 heteroatoms. The van der Waals surface area contributed by atoms with E-state index in [1.54, 1.807) is 0 Å². The molecule has 2 atom stereocenters. The summed E-state index contributed by atoms with van der Waals surface area (Å²) >= 11 is 0. The zero-order valence-corrected chi connectivity index (χ0v) is 13.3. The fourth-order valence-corrected chi connectivity index (χ4v) is 3.12. The van der Waals surface area contributed by atoms with Gasteiger partial charge in [-0.15, -0.1) is 0 Å². The van der Waals surface area contributed by atoms with Crippen LogP contribution in [-0.2, 0) is 11.3 Å². The summed E-state index contributed by atoms with van der Waals surface area (Å²) in [5.41, 5.74) is 1.18. The van der Waals surface area contributed by atoms with E-state index in [9.17, 15) is 4.79 Å². The molecule has 0 aromatic heterocycles. The van der Waals surface area contributed by atoms with Crippen molar-refractivity contribution in [1.82, 2.24) is 10.2 Å². The van der Waals surface area contributed by atoms with Crippen molar-refractivity contribution in [3.05, 3.63) is 35.9 Å². The van der Waals surface area contributed by atoms with Gasteiger partial charge in [0.15, 0.2) is 0 Å². The molecule has 3 rings (SSSR count). The molecule has 0 unspecified atom stereocenters. The normalized spacial score (nSPS) is 22.3. The molecule has 1 aromatic rings. The molecule has 1 aromatic carbocycles. The topological polar surface area (TPSA) is 41.6 Å². The summed E-state index contributed by atoms with van der Waals surface area (Å²) in [6.45, 7) is 4.30. The predicted octanol–water partition coefficient (Wildman–Crippen LogP) is 3.18. The second-order valence-electron chi connectivity index (χ2n) is 6.51. The van der Waals surface area contributed by atoms with Crippen LogP contribution in [0, 0.1) is 5.92 Å². The zero-order valence-electron chi connectivity index (χ0n) is 13.3. The van der Waals surface area contributed by atoms with Crippen molar-refractivity contribution in [2.75, 3.05) is 13.2 Å². The number of amides is 2. The van der Waals surface area contributed by atoms with Crippen LogP contribution in [-0.4, -0.2) is 36.2 Å². The van der Waals surface area contributed by atoms with Gasteiger partial charge in [0.25, 0.3) is 0 Å². The van der Waals surface area contributed by atoms with Crippen LogP contribution in [0.15, 0.2) is 30.3 Å². The first-order chi connectivity index (χ1) is 10.7. The Hall–Kier alpha value is -1.55. The van der Waals surface area contributed by atoms with Gasteiger partial charge in [0.05, 0.1) is 6.10 Å². The molecule has 0 spiro atoms. The maximum absolute atomic E-state index is 12.6. The lowest BCUT2D eigenvalue weighted by Gasteiger charge is -2.30. The van der Waals surface area contributed by atoms with Gasteiger partial charge < -0.3 is 15.0 Å². The smallest absolute Gasteiger partial charge is 0.318 e. The number of carbonyl (C=O) groups excluding carboxylic acids is 1. The SMILES string of the molecule is C[C@@H](C1CC1)N(Cc1ccccc1)C(=O)NC[C@@H]1CCCO1. The Morgan fingerprint density at radius 1 is 1.32 bits per heavy atom. The van der Waals surface area contributed by atoms with E-state index < -0.39 is 0 Å². The Labute approximate surface area is 132 Å². The summed E-state index contributed by atoms with van der Waals surface area (Å²) in [6, 6.07) is 10.6. The third-order valence-electron chi connectivity index (χ3n) is 4.76. The third kappa shape index (κ3) is 4.01. The van der Waals surface area contributed by atoms with E-state index in [0.29, 0.717) is 25.0 Å². The van der Waals surface area contributed by atoms with Crippen molar-refractivity contribution in [2.24, 2.45) is 5.92 Å². The van der Waals surface area contributed by atoms with E-state index >= 15 is 0 Å². The summed E-state index contributed by atoms with van der Waals surface area (Å²) in [5, 5.41) is 3.07. The summed E-state index contributed by atoms with van der Waals surface area (Å²) < 4.78 is 5.59. The van der Waals surface area contributed by atoms with Crippen molar-refractivity contribution in [1.29, 1.82) is 0 Å². The van der Waals surface area contributed by atoms with Gasteiger partial charge in [-0.2, -0.15) is 0 Å². The van der Waals surface area contributed by atoms with Crippen LogP contribution in [0.5, 0.6) is 0 Å². The van der Waals surface area contributed by atoms with Gasteiger partial charge in [-0.25, -0.2) is 4.79 Å². The fraction of sp³-hybridized carbons (Fsp3) is 0.611. The van der Waals surface area contributed by atoms with Crippen molar-refractivity contribution < 1.29 is 9.53 Å². The van der Waals surface area contributed by atoms with Crippen molar-refractivity contribution in [3.8, 4) is 0 Å². The minimum absolute atomic E-state index is 0.0405. The van der Waals surface area contributed by atoms with Crippen molar-refractivity contribution in [2.45, 2.75) is 51.3 Å².